The summed E-state index contributed by atoms with van der Waals surface area (Å²) >= 11 is 0. The first-order valence-electron chi connectivity index (χ1n) is 9.37. The number of ether oxygens (including phenoxy) is 1. The van der Waals surface area contributed by atoms with E-state index in [-0.39, 0.29) is 30.2 Å². The smallest absolute Gasteiger partial charge is 0.416 e. The number of fused-ring (bicyclic) bond motifs is 2. The van der Waals surface area contributed by atoms with E-state index in [1.807, 2.05) is 9.80 Å². The molecule has 1 aromatic carbocycles. The van der Waals surface area contributed by atoms with Gasteiger partial charge in [-0.15, -0.1) is 0 Å². The number of rotatable bonds is 4. The minimum atomic E-state index is -4.46. The molecule has 5 nitrogen and oxygen atoms in total. The molecule has 2 heterocycles. The molecule has 2 aliphatic heterocycles. The molecule has 0 aromatic heterocycles. The summed E-state index contributed by atoms with van der Waals surface area (Å²) in [6.45, 7) is 6.67. The third-order valence-electron chi connectivity index (χ3n) is 5.09. The number of likely N-dealkylation sites (tertiary alicyclic amines) is 1. The monoisotopic (exact) mass is 398 g/mol. The molecule has 8 heteroatoms. The summed E-state index contributed by atoms with van der Waals surface area (Å²) in [5.41, 5.74) is -0.738. The van der Waals surface area contributed by atoms with Crippen LogP contribution in [0.2, 0.25) is 0 Å². The number of halogens is 3. The Kier molecular flexibility index (Phi) is 5.44. The van der Waals surface area contributed by atoms with Crippen LogP contribution in [-0.4, -0.2) is 54.5 Å². The molecule has 2 saturated heterocycles. The number of benzene rings is 1. The van der Waals surface area contributed by atoms with Crippen LogP contribution in [0.25, 0.3) is 0 Å². The Morgan fingerprint density at radius 1 is 1.18 bits per heavy atom. The highest BCUT2D eigenvalue weighted by Gasteiger charge is 2.42. The predicted octanol–water partition coefficient (Wildman–Crippen LogP) is 3.51. The number of hydrogen-bond acceptors (Lipinski definition) is 5. The Morgan fingerprint density at radius 2 is 1.79 bits per heavy atom. The van der Waals surface area contributed by atoms with Crippen LogP contribution >= 0.6 is 0 Å². The molecule has 2 aliphatic rings. The fourth-order valence-electron chi connectivity index (χ4n) is 4.11. The lowest BCUT2D eigenvalue weighted by molar-refractivity contribution is -0.156. The predicted molar refractivity (Wildman–Crippen MR) is 98.4 cm³/mol. The molecular formula is C20H25F3N2O3. The first kappa shape index (κ1) is 20.6. The lowest BCUT2D eigenvalue weighted by atomic mass is 10.0. The SMILES string of the molecule is CC(C)(C)OC(=O)CN1CC2CCC(C1)N2c1cc(C(F)(F)F)ccc1C=O. The van der Waals surface area contributed by atoms with E-state index in [4.69, 9.17) is 4.74 Å². The second-order valence-corrected chi connectivity index (χ2v) is 8.46. The van der Waals surface area contributed by atoms with Crippen molar-refractivity contribution in [1.29, 1.82) is 0 Å². The van der Waals surface area contributed by atoms with Gasteiger partial charge in [0.25, 0.3) is 0 Å². The van der Waals surface area contributed by atoms with Crippen molar-refractivity contribution in [2.24, 2.45) is 0 Å². The average Bonchev–Trinajstić information content (AvgIpc) is 2.82. The van der Waals surface area contributed by atoms with Gasteiger partial charge in [-0.3, -0.25) is 14.5 Å². The number of alkyl halides is 3. The molecule has 0 aliphatic carbocycles. The van der Waals surface area contributed by atoms with Gasteiger partial charge in [0.05, 0.1) is 12.1 Å². The zero-order chi connectivity index (χ0) is 20.7. The van der Waals surface area contributed by atoms with Gasteiger partial charge in [0.1, 0.15) is 5.60 Å². The number of piperazine rings is 1. The number of hydrogen-bond donors (Lipinski definition) is 0. The van der Waals surface area contributed by atoms with E-state index in [1.54, 1.807) is 20.8 Å². The number of aldehydes is 1. The topological polar surface area (TPSA) is 49.9 Å². The van der Waals surface area contributed by atoms with Crippen LogP contribution in [0.4, 0.5) is 18.9 Å². The summed E-state index contributed by atoms with van der Waals surface area (Å²) in [6.07, 6.45) is -2.25. The highest BCUT2D eigenvalue weighted by Crippen LogP contribution is 2.39. The Bertz CT molecular complexity index is 744. The molecule has 28 heavy (non-hydrogen) atoms. The number of nitrogens with zero attached hydrogens (tertiary/aromatic N) is 2. The number of anilines is 1. The zero-order valence-corrected chi connectivity index (χ0v) is 16.3. The van der Waals surface area contributed by atoms with Crippen LogP contribution in [0.3, 0.4) is 0 Å². The molecule has 2 atom stereocenters. The highest BCUT2D eigenvalue weighted by atomic mass is 19.4. The van der Waals surface area contributed by atoms with Gasteiger partial charge in [0, 0.05) is 36.4 Å². The van der Waals surface area contributed by atoms with E-state index < -0.39 is 17.3 Å². The second kappa shape index (κ2) is 7.39. The maximum Gasteiger partial charge on any atom is 0.416 e. The molecule has 154 valence electrons. The molecule has 0 spiro atoms. The normalized spacial score (nSPS) is 23.0. The van der Waals surface area contributed by atoms with Gasteiger partial charge in [-0.25, -0.2) is 0 Å². The van der Waals surface area contributed by atoms with Crippen molar-refractivity contribution in [2.75, 3.05) is 24.5 Å². The van der Waals surface area contributed by atoms with Gasteiger partial charge >= 0.3 is 12.1 Å². The minimum absolute atomic E-state index is 0.0385. The highest BCUT2D eigenvalue weighted by molar-refractivity contribution is 5.85. The average molecular weight is 398 g/mol. The van der Waals surface area contributed by atoms with E-state index in [2.05, 4.69) is 0 Å². The van der Waals surface area contributed by atoms with Crippen LogP contribution in [-0.2, 0) is 15.7 Å². The Morgan fingerprint density at radius 3 is 2.29 bits per heavy atom. The third-order valence-corrected chi connectivity index (χ3v) is 5.09. The van der Waals surface area contributed by atoms with Crippen LogP contribution < -0.4 is 4.90 Å². The maximum absolute atomic E-state index is 13.2. The first-order valence-corrected chi connectivity index (χ1v) is 9.37. The number of esters is 1. The van der Waals surface area contributed by atoms with E-state index >= 15 is 0 Å². The molecule has 0 radical (unpaired) electrons. The summed E-state index contributed by atoms with van der Waals surface area (Å²) in [7, 11) is 0. The Balaban J connectivity index is 1.78. The van der Waals surface area contributed by atoms with Crippen molar-refractivity contribution in [3.63, 3.8) is 0 Å². The summed E-state index contributed by atoms with van der Waals surface area (Å²) in [5, 5.41) is 0. The van der Waals surface area contributed by atoms with Crippen LogP contribution in [0.5, 0.6) is 0 Å². The number of carbonyl (C=O) groups excluding carboxylic acids is 2. The zero-order valence-electron chi connectivity index (χ0n) is 16.3. The van der Waals surface area contributed by atoms with Crippen LogP contribution in [0.15, 0.2) is 18.2 Å². The third kappa shape index (κ3) is 4.48. The van der Waals surface area contributed by atoms with E-state index in [1.165, 1.54) is 6.07 Å². The quantitative estimate of drug-likeness (QED) is 0.574. The van der Waals surface area contributed by atoms with Crippen molar-refractivity contribution in [3.05, 3.63) is 29.3 Å². The summed E-state index contributed by atoms with van der Waals surface area (Å²) in [4.78, 5) is 27.5. The van der Waals surface area contributed by atoms with E-state index in [0.29, 0.717) is 25.1 Å². The molecule has 0 amide bonds. The molecule has 2 fully saturated rings. The standard InChI is InChI=1S/C20H25F3N2O3/c1-19(2,3)28-18(27)11-24-9-15-6-7-16(10-24)25(15)17-8-14(20(21,22)23)5-4-13(17)12-26/h4-5,8,12,15-16H,6-7,9-11H2,1-3H3. The lowest BCUT2D eigenvalue weighted by Crippen LogP contribution is -2.55. The molecule has 2 unspecified atom stereocenters. The minimum Gasteiger partial charge on any atom is -0.459 e. The molecule has 0 saturated carbocycles. The van der Waals surface area contributed by atoms with Crippen molar-refractivity contribution < 1.29 is 27.5 Å². The van der Waals surface area contributed by atoms with Crippen molar-refractivity contribution in [3.8, 4) is 0 Å². The van der Waals surface area contributed by atoms with Gasteiger partial charge in [0.2, 0.25) is 0 Å². The van der Waals surface area contributed by atoms with Gasteiger partial charge in [0.15, 0.2) is 6.29 Å². The molecule has 2 bridgehead atoms. The maximum atomic E-state index is 13.2. The fourth-order valence-corrected chi connectivity index (χ4v) is 4.11. The van der Waals surface area contributed by atoms with E-state index in [9.17, 15) is 22.8 Å². The Labute approximate surface area is 162 Å². The summed E-state index contributed by atoms with van der Waals surface area (Å²) < 4.78 is 44.8. The largest absolute Gasteiger partial charge is 0.459 e. The summed E-state index contributed by atoms with van der Waals surface area (Å²) in [6, 6.07) is 3.16. The van der Waals surface area contributed by atoms with Gasteiger partial charge < -0.3 is 9.64 Å². The van der Waals surface area contributed by atoms with E-state index in [0.717, 1.165) is 25.0 Å². The molecule has 1 aromatic rings. The van der Waals surface area contributed by atoms with Crippen molar-refractivity contribution in [2.45, 2.75) is 57.5 Å². The number of carbonyl (C=O) groups is 2. The second-order valence-electron chi connectivity index (χ2n) is 8.46. The summed E-state index contributed by atoms with van der Waals surface area (Å²) in [5.74, 6) is -0.312. The van der Waals surface area contributed by atoms with Crippen molar-refractivity contribution in [1.82, 2.24) is 4.90 Å². The first-order chi connectivity index (χ1) is 13.0. The van der Waals surface area contributed by atoms with Gasteiger partial charge in [-0.1, -0.05) is 0 Å². The van der Waals surface area contributed by atoms with Crippen molar-refractivity contribution >= 4 is 17.9 Å². The van der Waals surface area contributed by atoms with Crippen LogP contribution in [0.1, 0.15) is 49.5 Å². The molecule has 0 N–H and O–H groups in total. The molecular weight excluding hydrogens is 373 g/mol. The molecule has 3 rings (SSSR count). The Hall–Kier alpha value is -2.09. The van der Waals surface area contributed by atoms with Gasteiger partial charge in [-0.2, -0.15) is 13.2 Å². The lowest BCUT2D eigenvalue weighted by Gasteiger charge is -2.43. The fraction of sp³-hybridized carbons (Fsp3) is 0.600. The van der Waals surface area contributed by atoms with Crippen LogP contribution in [0, 0.1) is 0 Å². The van der Waals surface area contributed by atoms with Gasteiger partial charge in [-0.05, 0) is 51.8 Å².